The van der Waals surface area contributed by atoms with Gasteiger partial charge in [-0.05, 0) is 43.3 Å². The van der Waals surface area contributed by atoms with Gasteiger partial charge in [0.05, 0.1) is 10.6 Å². The molecule has 0 aliphatic heterocycles. The first-order chi connectivity index (χ1) is 11.8. The van der Waals surface area contributed by atoms with E-state index in [4.69, 9.17) is 5.14 Å². The number of benzene rings is 2. The van der Waals surface area contributed by atoms with Crippen molar-refractivity contribution in [1.82, 2.24) is 10.9 Å². The van der Waals surface area contributed by atoms with Gasteiger partial charge in [0, 0.05) is 10.5 Å². The van der Waals surface area contributed by atoms with Crippen molar-refractivity contribution in [2.45, 2.75) is 16.7 Å². The molecule has 0 aliphatic rings. The summed E-state index contributed by atoms with van der Waals surface area (Å²) in [6.45, 7) is 1.98. The molecule has 9 heteroatoms. The second-order valence-corrected chi connectivity index (χ2v) is 7.78. The molecule has 0 aromatic heterocycles. The first-order valence-electron chi connectivity index (χ1n) is 7.17. The lowest BCUT2D eigenvalue weighted by Crippen LogP contribution is -2.42. The van der Waals surface area contributed by atoms with Gasteiger partial charge in [0.2, 0.25) is 15.9 Å². The van der Waals surface area contributed by atoms with Crippen molar-refractivity contribution in [2.24, 2.45) is 5.14 Å². The SMILES string of the molecule is Cc1ccc(SCC(=O)NNC(=O)c2ccc(S(N)(=O)=O)cc2)cc1. The molecule has 0 heterocycles. The maximum Gasteiger partial charge on any atom is 0.269 e. The third kappa shape index (κ3) is 5.89. The first kappa shape index (κ1) is 19.0. The van der Waals surface area contributed by atoms with Crippen molar-refractivity contribution in [3.63, 3.8) is 0 Å². The van der Waals surface area contributed by atoms with Crippen molar-refractivity contribution in [3.8, 4) is 0 Å². The highest BCUT2D eigenvalue weighted by molar-refractivity contribution is 8.00. The van der Waals surface area contributed by atoms with Crippen molar-refractivity contribution in [1.29, 1.82) is 0 Å². The van der Waals surface area contributed by atoms with Crippen molar-refractivity contribution >= 4 is 33.6 Å². The zero-order valence-electron chi connectivity index (χ0n) is 13.4. The number of aryl methyl sites for hydroxylation is 1. The minimum atomic E-state index is -3.81. The van der Waals surface area contributed by atoms with Crippen LogP contribution < -0.4 is 16.0 Å². The predicted molar refractivity (Wildman–Crippen MR) is 95.3 cm³/mol. The molecule has 0 fully saturated rings. The third-order valence-electron chi connectivity index (χ3n) is 3.15. The average molecular weight is 379 g/mol. The van der Waals surface area contributed by atoms with Gasteiger partial charge >= 0.3 is 0 Å². The molecule has 2 aromatic carbocycles. The topological polar surface area (TPSA) is 118 Å². The van der Waals surface area contributed by atoms with Gasteiger partial charge in [-0.1, -0.05) is 17.7 Å². The van der Waals surface area contributed by atoms with E-state index in [9.17, 15) is 18.0 Å². The van der Waals surface area contributed by atoms with E-state index < -0.39 is 15.9 Å². The number of carbonyl (C=O) groups excluding carboxylic acids is 2. The smallest absolute Gasteiger partial charge is 0.269 e. The van der Waals surface area contributed by atoms with Crippen LogP contribution in [0.3, 0.4) is 0 Å². The minimum Gasteiger partial charge on any atom is -0.272 e. The molecule has 0 aliphatic carbocycles. The molecule has 0 spiro atoms. The number of carbonyl (C=O) groups is 2. The third-order valence-corrected chi connectivity index (χ3v) is 5.09. The molecule has 0 saturated heterocycles. The number of sulfonamides is 1. The Kier molecular flexibility index (Phi) is 6.18. The Morgan fingerprint density at radius 3 is 2.16 bits per heavy atom. The molecular weight excluding hydrogens is 362 g/mol. The van der Waals surface area contributed by atoms with Gasteiger partial charge in [-0.2, -0.15) is 0 Å². The maximum atomic E-state index is 11.9. The first-order valence-corrected chi connectivity index (χ1v) is 9.70. The van der Waals surface area contributed by atoms with Gasteiger partial charge in [-0.3, -0.25) is 20.4 Å². The molecule has 132 valence electrons. The van der Waals surface area contributed by atoms with E-state index in [0.717, 1.165) is 10.5 Å². The van der Waals surface area contributed by atoms with E-state index >= 15 is 0 Å². The van der Waals surface area contributed by atoms with Crippen LogP contribution >= 0.6 is 11.8 Å². The quantitative estimate of drug-likeness (QED) is 0.533. The average Bonchev–Trinajstić information content (AvgIpc) is 2.58. The van der Waals surface area contributed by atoms with Crippen LogP contribution in [0.1, 0.15) is 15.9 Å². The summed E-state index contributed by atoms with van der Waals surface area (Å²) in [5.41, 5.74) is 5.90. The summed E-state index contributed by atoms with van der Waals surface area (Å²) >= 11 is 1.35. The maximum absolute atomic E-state index is 11.9. The summed E-state index contributed by atoms with van der Waals surface area (Å²) in [6.07, 6.45) is 0. The summed E-state index contributed by atoms with van der Waals surface area (Å²) in [5.74, 6) is -0.775. The molecule has 2 aromatic rings. The van der Waals surface area contributed by atoms with E-state index in [1.165, 1.54) is 36.0 Å². The highest BCUT2D eigenvalue weighted by Crippen LogP contribution is 2.17. The molecule has 0 radical (unpaired) electrons. The van der Waals surface area contributed by atoms with Gasteiger partial charge in [-0.15, -0.1) is 11.8 Å². The van der Waals surface area contributed by atoms with E-state index in [0.29, 0.717) is 0 Å². The van der Waals surface area contributed by atoms with Crippen LogP contribution in [-0.2, 0) is 14.8 Å². The second kappa shape index (κ2) is 8.15. The number of thioether (sulfide) groups is 1. The minimum absolute atomic E-state index is 0.0948. The number of nitrogens with one attached hydrogen (secondary N) is 2. The number of amides is 2. The Hall–Kier alpha value is -2.36. The Morgan fingerprint density at radius 1 is 1.00 bits per heavy atom. The van der Waals surface area contributed by atoms with Crippen molar-refractivity contribution < 1.29 is 18.0 Å². The van der Waals surface area contributed by atoms with Crippen LogP contribution in [0.2, 0.25) is 0 Å². The Morgan fingerprint density at radius 2 is 1.60 bits per heavy atom. The molecular formula is C16H17N3O4S2. The standard InChI is InChI=1S/C16H17N3O4S2/c1-11-2-6-13(7-3-11)24-10-15(20)18-19-16(21)12-4-8-14(9-5-12)25(17,22)23/h2-9H,10H2,1H3,(H,18,20)(H,19,21)(H2,17,22,23). The number of hydrogen-bond acceptors (Lipinski definition) is 5. The van der Waals surface area contributed by atoms with Crippen molar-refractivity contribution in [2.75, 3.05) is 5.75 Å². The molecule has 2 rings (SSSR count). The van der Waals surface area contributed by atoms with Crippen LogP contribution in [0.15, 0.2) is 58.3 Å². The van der Waals surface area contributed by atoms with Crippen LogP contribution in [-0.4, -0.2) is 26.0 Å². The molecule has 0 saturated carbocycles. The van der Waals surface area contributed by atoms with Gasteiger partial charge in [0.1, 0.15) is 0 Å². The predicted octanol–water partition coefficient (Wildman–Crippen LogP) is 1.20. The molecule has 7 nitrogen and oxygen atoms in total. The molecule has 0 unspecified atom stereocenters. The Balaban J connectivity index is 1.82. The highest BCUT2D eigenvalue weighted by atomic mass is 32.2. The zero-order valence-corrected chi connectivity index (χ0v) is 15.0. The van der Waals surface area contributed by atoms with Crippen LogP contribution in [0.25, 0.3) is 0 Å². The van der Waals surface area contributed by atoms with Crippen LogP contribution in [0, 0.1) is 6.92 Å². The molecule has 25 heavy (non-hydrogen) atoms. The van der Waals surface area contributed by atoms with E-state index in [-0.39, 0.29) is 22.1 Å². The van der Waals surface area contributed by atoms with Gasteiger partial charge in [0.15, 0.2) is 0 Å². The summed E-state index contributed by atoms with van der Waals surface area (Å²) in [4.78, 5) is 24.5. The van der Waals surface area contributed by atoms with E-state index in [1.807, 2.05) is 31.2 Å². The summed E-state index contributed by atoms with van der Waals surface area (Å²) in [5, 5.41) is 4.98. The molecule has 4 N–H and O–H groups in total. The van der Waals surface area contributed by atoms with E-state index in [1.54, 1.807) is 0 Å². The van der Waals surface area contributed by atoms with Crippen molar-refractivity contribution in [3.05, 3.63) is 59.7 Å². The number of rotatable bonds is 5. The molecule has 0 atom stereocenters. The number of hydrogen-bond donors (Lipinski definition) is 3. The van der Waals surface area contributed by atoms with Crippen LogP contribution in [0.4, 0.5) is 0 Å². The fourth-order valence-corrected chi connectivity index (χ4v) is 3.03. The fraction of sp³-hybridized carbons (Fsp3) is 0.125. The summed E-state index contributed by atoms with van der Waals surface area (Å²) in [7, 11) is -3.81. The highest BCUT2D eigenvalue weighted by Gasteiger charge is 2.11. The zero-order chi connectivity index (χ0) is 18.4. The number of primary sulfonamides is 1. The monoisotopic (exact) mass is 379 g/mol. The molecule has 2 amide bonds. The normalized spacial score (nSPS) is 11.0. The lowest BCUT2D eigenvalue weighted by Gasteiger charge is -2.08. The summed E-state index contributed by atoms with van der Waals surface area (Å²) in [6, 6.07) is 12.8. The van der Waals surface area contributed by atoms with E-state index in [2.05, 4.69) is 10.9 Å². The Bertz CT molecular complexity index is 863. The van der Waals surface area contributed by atoms with Gasteiger partial charge in [0.25, 0.3) is 5.91 Å². The van der Waals surface area contributed by atoms with Crippen LogP contribution in [0.5, 0.6) is 0 Å². The molecule has 0 bridgehead atoms. The number of nitrogens with two attached hydrogens (primary N) is 1. The lowest BCUT2D eigenvalue weighted by molar-refractivity contribution is -0.119. The summed E-state index contributed by atoms with van der Waals surface area (Å²) < 4.78 is 22.3. The Labute approximate surface area is 150 Å². The fourth-order valence-electron chi connectivity index (χ4n) is 1.81. The lowest BCUT2D eigenvalue weighted by atomic mass is 10.2. The second-order valence-electron chi connectivity index (χ2n) is 5.17. The number of hydrazine groups is 1. The largest absolute Gasteiger partial charge is 0.272 e. The van der Waals surface area contributed by atoms with Gasteiger partial charge < -0.3 is 0 Å². The van der Waals surface area contributed by atoms with Gasteiger partial charge in [-0.25, -0.2) is 13.6 Å².